The standard InChI is InChI=1S/C11H10O2/c1-13-11-4-2-3-9-5-8(7-12)6-10(9)11/h2-5,7H,6H2,1H3. The number of fused-ring (bicyclic) bond motifs is 1. The lowest BCUT2D eigenvalue weighted by molar-refractivity contribution is -0.104. The number of hydrogen-bond acceptors (Lipinski definition) is 2. The van der Waals surface area contributed by atoms with Gasteiger partial charge in [-0.15, -0.1) is 0 Å². The Bertz CT molecular complexity index is 378. The normalized spacial score (nSPS) is 13.5. The van der Waals surface area contributed by atoms with Gasteiger partial charge in [-0.05, 0) is 23.3 Å². The van der Waals surface area contributed by atoms with Crippen molar-refractivity contribution in [3.8, 4) is 5.75 Å². The monoisotopic (exact) mass is 174 g/mol. The number of benzene rings is 1. The molecule has 0 N–H and O–H groups in total. The van der Waals surface area contributed by atoms with Gasteiger partial charge < -0.3 is 4.74 Å². The van der Waals surface area contributed by atoms with Crippen molar-refractivity contribution in [1.29, 1.82) is 0 Å². The lowest BCUT2D eigenvalue weighted by Gasteiger charge is -2.05. The van der Waals surface area contributed by atoms with E-state index in [0.717, 1.165) is 28.7 Å². The fourth-order valence-corrected chi connectivity index (χ4v) is 1.63. The second-order valence-electron chi connectivity index (χ2n) is 3.04. The van der Waals surface area contributed by atoms with Gasteiger partial charge >= 0.3 is 0 Å². The van der Waals surface area contributed by atoms with Crippen LogP contribution >= 0.6 is 0 Å². The molecule has 2 rings (SSSR count). The third kappa shape index (κ3) is 1.24. The Hall–Kier alpha value is -1.57. The molecule has 0 saturated heterocycles. The van der Waals surface area contributed by atoms with Gasteiger partial charge in [-0.3, -0.25) is 4.79 Å². The lowest BCUT2D eigenvalue weighted by atomic mass is 10.1. The van der Waals surface area contributed by atoms with Gasteiger partial charge in [-0.25, -0.2) is 0 Å². The Labute approximate surface area is 76.8 Å². The van der Waals surface area contributed by atoms with E-state index in [-0.39, 0.29) is 0 Å². The largest absolute Gasteiger partial charge is 0.496 e. The van der Waals surface area contributed by atoms with Crippen LogP contribution in [-0.2, 0) is 11.2 Å². The van der Waals surface area contributed by atoms with Crippen molar-refractivity contribution in [1.82, 2.24) is 0 Å². The zero-order chi connectivity index (χ0) is 9.26. The highest BCUT2D eigenvalue weighted by molar-refractivity contribution is 5.87. The first-order chi connectivity index (χ1) is 6.35. The minimum absolute atomic E-state index is 0.697. The summed E-state index contributed by atoms with van der Waals surface area (Å²) in [5, 5.41) is 0. The number of carbonyl (C=O) groups is 1. The topological polar surface area (TPSA) is 26.3 Å². The third-order valence-electron chi connectivity index (χ3n) is 2.26. The molecule has 0 amide bonds. The van der Waals surface area contributed by atoms with Crippen molar-refractivity contribution >= 4 is 12.4 Å². The maximum Gasteiger partial charge on any atom is 0.146 e. The molecule has 0 bridgehead atoms. The number of hydrogen-bond donors (Lipinski definition) is 0. The van der Waals surface area contributed by atoms with E-state index in [1.807, 2.05) is 24.3 Å². The Balaban J connectivity index is 2.47. The number of carbonyl (C=O) groups excluding carboxylic acids is 1. The van der Waals surface area contributed by atoms with Gasteiger partial charge in [-0.1, -0.05) is 12.1 Å². The van der Waals surface area contributed by atoms with Crippen LogP contribution in [0.25, 0.3) is 6.08 Å². The molecule has 0 unspecified atom stereocenters. The fourth-order valence-electron chi connectivity index (χ4n) is 1.63. The zero-order valence-corrected chi connectivity index (χ0v) is 7.41. The molecule has 0 heterocycles. The molecule has 0 aliphatic heterocycles. The summed E-state index contributed by atoms with van der Waals surface area (Å²) in [5.74, 6) is 0.866. The van der Waals surface area contributed by atoms with E-state index in [2.05, 4.69) is 0 Å². The summed E-state index contributed by atoms with van der Waals surface area (Å²) in [6.45, 7) is 0. The van der Waals surface area contributed by atoms with Gasteiger partial charge in [0.2, 0.25) is 0 Å². The number of aldehydes is 1. The first-order valence-corrected chi connectivity index (χ1v) is 4.17. The molecule has 1 aliphatic rings. The molecule has 1 aromatic rings. The van der Waals surface area contributed by atoms with Crippen LogP contribution in [0.5, 0.6) is 5.75 Å². The molecule has 0 spiro atoms. The average molecular weight is 174 g/mol. The summed E-state index contributed by atoms with van der Waals surface area (Å²) in [4.78, 5) is 10.6. The molecule has 66 valence electrons. The Morgan fingerprint density at radius 1 is 1.46 bits per heavy atom. The number of ether oxygens (including phenoxy) is 1. The van der Waals surface area contributed by atoms with E-state index in [1.54, 1.807) is 7.11 Å². The Kier molecular flexibility index (Phi) is 1.89. The van der Waals surface area contributed by atoms with Crippen LogP contribution in [0.2, 0.25) is 0 Å². The van der Waals surface area contributed by atoms with Gasteiger partial charge in [0.25, 0.3) is 0 Å². The molecule has 13 heavy (non-hydrogen) atoms. The smallest absolute Gasteiger partial charge is 0.146 e. The van der Waals surface area contributed by atoms with Crippen molar-refractivity contribution in [3.63, 3.8) is 0 Å². The van der Waals surface area contributed by atoms with Crippen molar-refractivity contribution in [2.45, 2.75) is 6.42 Å². The van der Waals surface area contributed by atoms with Crippen LogP contribution in [0.4, 0.5) is 0 Å². The molecule has 0 fully saturated rings. The van der Waals surface area contributed by atoms with E-state index in [4.69, 9.17) is 4.74 Å². The lowest BCUT2D eigenvalue weighted by Crippen LogP contribution is -1.92. The molecule has 0 saturated carbocycles. The summed E-state index contributed by atoms with van der Waals surface area (Å²) in [6, 6.07) is 5.84. The number of allylic oxidation sites excluding steroid dienone is 1. The summed E-state index contributed by atoms with van der Waals surface area (Å²) < 4.78 is 5.20. The quantitative estimate of drug-likeness (QED) is 0.639. The molecule has 0 radical (unpaired) electrons. The summed E-state index contributed by atoms with van der Waals surface area (Å²) in [5.41, 5.74) is 3.04. The van der Waals surface area contributed by atoms with Crippen LogP contribution in [0.3, 0.4) is 0 Å². The molecule has 1 aliphatic carbocycles. The first-order valence-electron chi connectivity index (χ1n) is 4.17. The number of methoxy groups -OCH3 is 1. The maximum atomic E-state index is 10.6. The van der Waals surface area contributed by atoms with Crippen LogP contribution in [0.15, 0.2) is 23.8 Å². The summed E-state index contributed by atoms with van der Waals surface area (Å²) >= 11 is 0. The van der Waals surface area contributed by atoms with Crippen molar-refractivity contribution in [3.05, 3.63) is 34.9 Å². The summed E-state index contributed by atoms with van der Waals surface area (Å²) in [7, 11) is 1.65. The predicted octanol–water partition coefficient (Wildman–Crippen LogP) is 1.83. The van der Waals surface area contributed by atoms with E-state index in [9.17, 15) is 4.79 Å². The van der Waals surface area contributed by atoms with Crippen molar-refractivity contribution in [2.75, 3.05) is 7.11 Å². The minimum atomic E-state index is 0.697. The SMILES string of the molecule is COc1cccc2c1CC(C=O)=C2. The van der Waals surface area contributed by atoms with Gasteiger partial charge in [-0.2, -0.15) is 0 Å². The highest BCUT2D eigenvalue weighted by atomic mass is 16.5. The molecule has 1 aromatic carbocycles. The van der Waals surface area contributed by atoms with E-state index in [1.165, 1.54) is 0 Å². The zero-order valence-electron chi connectivity index (χ0n) is 7.41. The van der Waals surface area contributed by atoms with E-state index in [0.29, 0.717) is 6.42 Å². The van der Waals surface area contributed by atoms with E-state index < -0.39 is 0 Å². The average Bonchev–Trinajstić information content (AvgIpc) is 2.59. The fraction of sp³-hybridized carbons (Fsp3) is 0.182. The molecule has 0 aromatic heterocycles. The molecule has 2 heteroatoms. The van der Waals surface area contributed by atoms with Crippen LogP contribution in [-0.4, -0.2) is 13.4 Å². The van der Waals surface area contributed by atoms with Crippen LogP contribution in [0.1, 0.15) is 11.1 Å². The van der Waals surface area contributed by atoms with Gasteiger partial charge in [0.15, 0.2) is 0 Å². The Morgan fingerprint density at radius 2 is 2.31 bits per heavy atom. The van der Waals surface area contributed by atoms with E-state index >= 15 is 0 Å². The van der Waals surface area contributed by atoms with Gasteiger partial charge in [0, 0.05) is 12.0 Å². The second kappa shape index (κ2) is 3.05. The van der Waals surface area contributed by atoms with Crippen LogP contribution < -0.4 is 4.74 Å². The van der Waals surface area contributed by atoms with Gasteiger partial charge in [0.1, 0.15) is 12.0 Å². The van der Waals surface area contributed by atoms with Crippen molar-refractivity contribution < 1.29 is 9.53 Å². The number of rotatable bonds is 2. The third-order valence-corrected chi connectivity index (χ3v) is 2.26. The predicted molar refractivity (Wildman–Crippen MR) is 50.7 cm³/mol. The summed E-state index contributed by atoms with van der Waals surface area (Å²) in [6.07, 6.45) is 3.51. The highest BCUT2D eigenvalue weighted by Gasteiger charge is 2.15. The van der Waals surface area contributed by atoms with Crippen molar-refractivity contribution in [2.24, 2.45) is 0 Å². The molecule has 0 atom stereocenters. The molecular weight excluding hydrogens is 164 g/mol. The highest BCUT2D eigenvalue weighted by Crippen LogP contribution is 2.31. The minimum Gasteiger partial charge on any atom is -0.496 e. The maximum absolute atomic E-state index is 10.6. The van der Waals surface area contributed by atoms with Gasteiger partial charge in [0.05, 0.1) is 7.11 Å². The Morgan fingerprint density at radius 3 is 3.00 bits per heavy atom. The van der Waals surface area contributed by atoms with Crippen LogP contribution in [0, 0.1) is 0 Å². The molecular formula is C11H10O2. The second-order valence-corrected chi connectivity index (χ2v) is 3.04. The molecule has 2 nitrogen and oxygen atoms in total. The first kappa shape index (κ1) is 8.05.